The zero-order valence-electron chi connectivity index (χ0n) is 22.4. The van der Waals surface area contributed by atoms with E-state index in [0.717, 1.165) is 29.1 Å². The average Bonchev–Trinajstić information content (AvgIpc) is 2.96. The van der Waals surface area contributed by atoms with Crippen molar-refractivity contribution in [1.82, 2.24) is 10.3 Å². The molecule has 4 aromatic rings. The van der Waals surface area contributed by atoms with Gasteiger partial charge in [-0.05, 0) is 115 Å². The monoisotopic (exact) mass is 625 g/mol. The highest BCUT2D eigenvalue weighted by atomic mass is 127. The van der Waals surface area contributed by atoms with Gasteiger partial charge in [-0.1, -0.05) is 42.5 Å². The molecule has 2 N–H and O–H groups in total. The number of aromatic nitrogens is 1. The summed E-state index contributed by atoms with van der Waals surface area (Å²) < 4.78 is 1.19. The molecular formula is C33H32IN5. The van der Waals surface area contributed by atoms with Gasteiger partial charge in [0.25, 0.3) is 0 Å². The second kappa shape index (κ2) is 12.9. The Balaban J connectivity index is 1.67. The molecule has 39 heavy (non-hydrogen) atoms. The van der Waals surface area contributed by atoms with Crippen LogP contribution in [0.15, 0.2) is 97.2 Å². The number of halogens is 1. The lowest BCUT2D eigenvalue weighted by Crippen LogP contribution is -2.42. The number of hydrogen-bond donors (Lipinski definition) is 2. The van der Waals surface area contributed by atoms with Crippen molar-refractivity contribution in [2.45, 2.75) is 45.2 Å². The Hall–Kier alpha value is -3.72. The van der Waals surface area contributed by atoms with E-state index in [0.29, 0.717) is 5.56 Å². The molecule has 0 spiro atoms. The molecule has 0 saturated carbocycles. The van der Waals surface area contributed by atoms with Crippen LogP contribution in [-0.2, 0) is 6.42 Å². The highest BCUT2D eigenvalue weighted by Gasteiger charge is 2.34. The molecule has 4 rings (SSSR count). The molecule has 196 valence electrons. The van der Waals surface area contributed by atoms with Crippen LogP contribution in [0.4, 0.5) is 11.5 Å². The van der Waals surface area contributed by atoms with E-state index in [1.54, 1.807) is 6.20 Å². The molecule has 3 aromatic carbocycles. The number of nitrogens with zero attached hydrogens (tertiary/aromatic N) is 3. The Morgan fingerprint density at radius 1 is 0.897 bits per heavy atom. The zero-order chi connectivity index (χ0) is 27.8. The minimum atomic E-state index is -0.681. The van der Waals surface area contributed by atoms with Crippen LogP contribution >= 0.6 is 22.6 Å². The smallest absolute Gasteiger partial charge is 0.130 e. The summed E-state index contributed by atoms with van der Waals surface area (Å²) in [6.07, 6.45) is 2.56. The normalized spacial score (nSPS) is 13.5. The van der Waals surface area contributed by atoms with Crippen LogP contribution in [0, 0.1) is 31.6 Å². The minimum absolute atomic E-state index is 0.00301. The van der Waals surface area contributed by atoms with Crippen molar-refractivity contribution in [1.29, 1.82) is 10.5 Å². The summed E-state index contributed by atoms with van der Waals surface area (Å²) in [5.41, 5.74) is 4.24. The topological polar surface area (TPSA) is 84.5 Å². The average molecular weight is 626 g/mol. The van der Waals surface area contributed by atoms with Crippen LogP contribution in [-0.4, -0.2) is 11.0 Å². The van der Waals surface area contributed by atoms with E-state index in [9.17, 15) is 10.5 Å². The number of benzene rings is 3. The van der Waals surface area contributed by atoms with Crippen LogP contribution in [0.2, 0.25) is 0 Å². The van der Waals surface area contributed by atoms with Gasteiger partial charge in [-0.2, -0.15) is 10.5 Å². The summed E-state index contributed by atoms with van der Waals surface area (Å²) in [6, 6.07) is 34.9. The van der Waals surface area contributed by atoms with E-state index >= 15 is 0 Å². The van der Waals surface area contributed by atoms with Crippen molar-refractivity contribution < 1.29 is 0 Å². The number of nitriles is 2. The summed E-state index contributed by atoms with van der Waals surface area (Å²) >= 11 is 2.32. The summed E-state index contributed by atoms with van der Waals surface area (Å²) in [5.74, 6) is 0.854. The Morgan fingerprint density at radius 2 is 1.64 bits per heavy atom. The van der Waals surface area contributed by atoms with Crippen LogP contribution < -0.4 is 10.6 Å². The van der Waals surface area contributed by atoms with Gasteiger partial charge in [0.1, 0.15) is 5.82 Å². The van der Waals surface area contributed by atoms with Gasteiger partial charge >= 0.3 is 0 Å². The lowest BCUT2D eigenvalue weighted by molar-refractivity contribution is 0.281. The molecule has 0 bridgehead atoms. The Labute approximate surface area is 245 Å². The molecular weight excluding hydrogens is 593 g/mol. The molecule has 0 aliphatic rings. The number of rotatable bonds is 10. The fraction of sp³-hybridized carbons (Fsp3) is 0.242. The third kappa shape index (κ3) is 7.44. The molecule has 5 nitrogen and oxygen atoms in total. The maximum atomic E-state index is 10.2. The van der Waals surface area contributed by atoms with Gasteiger partial charge < -0.3 is 10.6 Å². The van der Waals surface area contributed by atoms with Crippen molar-refractivity contribution in [3.05, 3.63) is 123 Å². The first-order valence-electron chi connectivity index (χ1n) is 13.0. The van der Waals surface area contributed by atoms with Crippen LogP contribution in [0.5, 0.6) is 0 Å². The summed E-state index contributed by atoms with van der Waals surface area (Å²) in [5, 5.41) is 26.9. The summed E-state index contributed by atoms with van der Waals surface area (Å²) in [7, 11) is 0. The van der Waals surface area contributed by atoms with Crippen molar-refractivity contribution in [2.75, 3.05) is 5.32 Å². The largest absolute Gasteiger partial charge is 0.340 e. The summed E-state index contributed by atoms with van der Waals surface area (Å²) in [6.45, 7) is 6.12. The Bertz CT molecular complexity index is 1470. The highest BCUT2D eigenvalue weighted by molar-refractivity contribution is 14.1. The van der Waals surface area contributed by atoms with Crippen molar-refractivity contribution in [3.63, 3.8) is 0 Å². The molecule has 0 aliphatic heterocycles. The van der Waals surface area contributed by atoms with E-state index in [1.807, 2.05) is 62.4 Å². The molecule has 1 unspecified atom stereocenters. The van der Waals surface area contributed by atoms with E-state index in [1.165, 1.54) is 9.13 Å². The fourth-order valence-corrected chi connectivity index (χ4v) is 5.20. The Kier molecular flexibility index (Phi) is 9.35. The zero-order valence-corrected chi connectivity index (χ0v) is 24.6. The molecule has 1 aromatic heterocycles. The predicted molar refractivity (Wildman–Crippen MR) is 165 cm³/mol. The maximum absolute atomic E-state index is 10.2. The Morgan fingerprint density at radius 3 is 2.33 bits per heavy atom. The van der Waals surface area contributed by atoms with Gasteiger partial charge in [-0.3, -0.25) is 0 Å². The van der Waals surface area contributed by atoms with E-state index < -0.39 is 5.41 Å². The van der Waals surface area contributed by atoms with Crippen molar-refractivity contribution in [3.8, 4) is 12.1 Å². The lowest BCUT2D eigenvalue weighted by Gasteiger charge is -2.36. The first kappa shape index (κ1) is 28.3. The second-order valence-corrected chi connectivity index (χ2v) is 11.6. The van der Waals surface area contributed by atoms with Gasteiger partial charge in [0.2, 0.25) is 0 Å². The minimum Gasteiger partial charge on any atom is -0.340 e. The van der Waals surface area contributed by atoms with E-state index in [2.05, 4.69) is 99.7 Å². The SMILES string of the molecule is C[C@H](NC(c1cccc(Nc2ccccn2)c1)C(C)(C)C#N)[C@@H](Cc1ccc(I)cc1)c1cccc(C#N)c1. The molecule has 3 atom stereocenters. The van der Waals surface area contributed by atoms with Crippen LogP contribution in [0.1, 0.15) is 55.0 Å². The van der Waals surface area contributed by atoms with Crippen LogP contribution in [0.25, 0.3) is 0 Å². The third-order valence-corrected chi connectivity index (χ3v) is 7.73. The van der Waals surface area contributed by atoms with E-state index in [-0.39, 0.29) is 18.0 Å². The summed E-state index contributed by atoms with van der Waals surface area (Å²) in [4.78, 5) is 4.38. The van der Waals surface area contributed by atoms with Gasteiger partial charge in [0.05, 0.1) is 29.2 Å². The quantitative estimate of drug-likeness (QED) is 0.175. The first-order chi connectivity index (χ1) is 18.8. The first-order valence-corrected chi connectivity index (χ1v) is 14.1. The van der Waals surface area contributed by atoms with Crippen molar-refractivity contribution >= 4 is 34.1 Å². The molecule has 6 heteroatoms. The third-order valence-electron chi connectivity index (χ3n) is 7.01. The fourth-order valence-electron chi connectivity index (χ4n) is 4.84. The second-order valence-electron chi connectivity index (χ2n) is 10.4. The number of anilines is 2. The molecule has 0 amide bonds. The maximum Gasteiger partial charge on any atom is 0.130 e. The van der Waals surface area contributed by atoms with E-state index in [4.69, 9.17) is 0 Å². The number of hydrogen-bond acceptors (Lipinski definition) is 5. The number of nitrogens with one attached hydrogen (secondary N) is 2. The van der Waals surface area contributed by atoms with Crippen molar-refractivity contribution in [2.24, 2.45) is 5.41 Å². The molecule has 0 radical (unpaired) electrons. The van der Waals surface area contributed by atoms with Gasteiger partial charge in [-0.15, -0.1) is 0 Å². The molecule has 0 saturated heterocycles. The number of pyridine rings is 1. The highest BCUT2D eigenvalue weighted by Crippen LogP contribution is 2.37. The standard InChI is InChI=1S/C33H32IN5/c1-23(30(19-24-13-15-28(34)16-14-24)26-9-6-8-25(18-26)21-35)38-32(33(2,3)22-36)27-10-7-11-29(20-27)39-31-12-4-5-17-37-31/h4-18,20,23,30,32,38H,19H2,1-3H3,(H,37,39)/t23-,30+,32?/m0/s1. The molecule has 1 heterocycles. The van der Waals surface area contributed by atoms with Gasteiger partial charge in [0.15, 0.2) is 0 Å². The van der Waals surface area contributed by atoms with Crippen LogP contribution in [0.3, 0.4) is 0 Å². The molecule has 0 fully saturated rings. The molecule has 0 aliphatic carbocycles. The van der Waals surface area contributed by atoms with Gasteiger partial charge in [0, 0.05) is 27.4 Å². The predicted octanol–water partition coefficient (Wildman–Crippen LogP) is 7.90. The lowest BCUT2D eigenvalue weighted by atomic mass is 9.79. The van der Waals surface area contributed by atoms with Gasteiger partial charge in [-0.25, -0.2) is 4.98 Å².